The number of amides is 1. The SMILES string of the molecule is COCCN1C(=O)/C(=C\c2cc(C)n(-c3ccc(Cl)c(Cl)c3)c2C)SC1=Nc1ccc(OC)cc1. The Morgan fingerprint density at radius 2 is 1.77 bits per heavy atom. The quantitative estimate of drug-likeness (QED) is 0.321. The van der Waals surface area contributed by atoms with Crippen molar-refractivity contribution in [3.8, 4) is 11.4 Å². The van der Waals surface area contributed by atoms with Crippen LogP contribution in [0.4, 0.5) is 5.69 Å². The Kier molecular flexibility index (Phi) is 7.91. The standard InChI is InChI=1S/C26H25Cl2N3O3S/c1-16-13-18(17(2)31(16)20-7-10-22(27)23(28)15-20)14-24-25(32)30(11-12-33-3)26(35-24)29-19-5-8-21(34-4)9-6-19/h5-10,13-15H,11-12H2,1-4H3/b24-14+,29-26?. The Morgan fingerprint density at radius 3 is 2.43 bits per heavy atom. The van der Waals surface area contributed by atoms with E-state index in [0.717, 1.165) is 34.1 Å². The van der Waals surface area contributed by atoms with Crippen LogP contribution in [0.25, 0.3) is 11.8 Å². The summed E-state index contributed by atoms with van der Waals surface area (Å²) in [4.78, 5) is 20.3. The average molecular weight is 530 g/mol. The molecule has 0 spiro atoms. The van der Waals surface area contributed by atoms with E-state index in [0.29, 0.717) is 33.3 Å². The van der Waals surface area contributed by atoms with Crippen molar-refractivity contribution in [3.63, 3.8) is 0 Å². The van der Waals surface area contributed by atoms with Crippen LogP contribution in [0.3, 0.4) is 0 Å². The van der Waals surface area contributed by atoms with Crippen molar-refractivity contribution >= 4 is 57.8 Å². The molecular weight excluding hydrogens is 505 g/mol. The number of rotatable bonds is 7. The van der Waals surface area contributed by atoms with Crippen LogP contribution in [-0.4, -0.2) is 47.9 Å². The Labute approximate surface area is 219 Å². The first kappa shape index (κ1) is 25.4. The van der Waals surface area contributed by atoms with Crippen molar-refractivity contribution in [3.05, 3.63) is 80.4 Å². The van der Waals surface area contributed by atoms with Gasteiger partial charge in [-0.3, -0.25) is 9.69 Å². The molecule has 0 radical (unpaired) electrons. The normalized spacial score (nSPS) is 16.1. The van der Waals surface area contributed by atoms with Gasteiger partial charge in [-0.15, -0.1) is 0 Å². The zero-order valence-corrected chi connectivity index (χ0v) is 22.2. The van der Waals surface area contributed by atoms with Gasteiger partial charge >= 0.3 is 0 Å². The second-order valence-corrected chi connectivity index (χ2v) is 9.74. The number of halogens is 2. The molecule has 1 saturated heterocycles. The van der Waals surface area contributed by atoms with Crippen LogP contribution in [0.5, 0.6) is 5.75 Å². The first-order chi connectivity index (χ1) is 16.8. The molecule has 1 aromatic heterocycles. The van der Waals surface area contributed by atoms with Gasteiger partial charge in [0.05, 0.1) is 40.9 Å². The molecule has 1 aliphatic heterocycles. The maximum Gasteiger partial charge on any atom is 0.266 e. The van der Waals surface area contributed by atoms with Crippen LogP contribution >= 0.6 is 35.0 Å². The highest BCUT2D eigenvalue weighted by Gasteiger charge is 2.33. The van der Waals surface area contributed by atoms with Gasteiger partial charge in [0, 0.05) is 24.2 Å². The van der Waals surface area contributed by atoms with E-state index in [1.54, 1.807) is 25.2 Å². The van der Waals surface area contributed by atoms with Crippen molar-refractivity contribution in [2.75, 3.05) is 27.4 Å². The number of carbonyl (C=O) groups is 1. The minimum Gasteiger partial charge on any atom is -0.497 e. The highest BCUT2D eigenvalue weighted by atomic mass is 35.5. The Morgan fingerprint density at radius 1 is 1.03 bits per heavy atom. The van der Waals surface area contributed by atoms with Gasteiger partial charge in [-0.1, -0.05) is 23.2 Å². The Balaban J connectivity index is 1.69. The van der Waals surface area contributed by atoms with E-state index in [1.807, 2.05) is 56.3 Å². The zero-order chi connectivity index (χ0) is 25.1. The number of carbonyl (C=O) groups excluding carboxylic acids is 1. The smallest absolute Gasteiger partial charge is 0.266 e. The topological polar surface area (TPSA) is 56.1 Å². The predicted molar refractivity (Wildman–Crippen MR) is 145 cm³/mol. The second kappa shape index (κ2) is 10.9. The highest BCUT2D eigenvalue weighted by Crippen LogP contribution is 2.36. The van der Waals surface area contributed by atoms with Gasteiger partial charge in [0.2, 0.25) is 0 Å². The summed E-state index contributed by atoms with van der Waals surface area (Å²) in [7, 11) is 3.23. The number of ether oxygens (including phenoxy) is 2. The van der Waals surface area contributed by atoms with Crippen molar-refractivity contribution < 1.29 is 14.3 Å². The molecule has 0 atom stereocenters. The first-order valence-electron chi connectivity index (χ1n) is 10.9. The molecule has 0 aliphatic carbocycles. The van der Waals surface area contributed by atoms with Crippen LogP contribution < -0.4 is 4.74 Å². The third kappa shape index (κ3) is 5.43. The van der Waals surface area contributed by atoms with Crippen LogP contribution in [-0.2, 0) is 9.53 Å². The molecule has 1 fully saturated rings. The molecule has 1 aliphatic rings. The molecule has 2 aromatic carbocycles. The molecule has 2 heterocycles. The van der Waals surface area contributed by atoms with E-state index in [1.165, 1.54) is 11.8 Å². The van der Waals surface area contributed by atoms with Gasteiger partial charge in [0.1, 0.15) is 5.75 Å². The number of hydrogen-bond donors (Lipinski definition) is 0. The Bertz CT molecular complexity index is 1320. The molecule has 6 nitrogen and oxygen atoms in total. The molecule has 9 heteroatoms. The average Bonchev–Trinajstić information content (AvgIpc) is 3.29. The minimum absolute atomic E-state index is 0.0985. The number of aliphatic imine (C=N–C) groups is 1. The van der Waals surface area contributed by atoms with E-state index in [4.69, 9.17) is 37.7 Å². The summed E-state index contributed by atoms with van der Waals surface area (Å²) in [5, 5.41) is 1.61. The molecule has 3 aromatic rings. The third-order valence-electron chi connectivity index (χ3n) is 5.62. The van der Waals surface area contributed by atoms with Crippen LogP contribution in [0.1, 0.15) is 17.0 Å². The van der Waals surface area contributed by atoms with Gasteiger partial charge in [-0.05, 0) is 85.8 Å². The van der Waals surface area contributed by atoms with Crippen LogP contribution in [0.15, 0.2) is 58.4 Å². The second-order valence-electron chi connectivity index (χ2n) is 7.91. The zero-order valence-electron chi connectivity index (χ0n) is 19.8. The molecule has 35 heavy (non-hydrogen) atoms. The van der Waals surface area contributed by atoms with Crippen molar-refractivity contribution in [1.82, 2.24) is 9.47 Å². The summed E-state index contributed by atoms with van der Waals surface area (Å²) >= 11 is 13.7. The monoisotopic (exact) mass is 529 g/mol. The number of aromatic nitrogens is 1. The van der Waals surface area contributed by atoms with Gasteiger partial charge in [0.15, 0.2) is 5.17 Å². The number of nitrogens with zero attached hydrogens (tertiary/aromatic N) is 3. The lowest BCUT2D eigenvalue weighted by Gasteiger charge is -2.14. The fourth-order valence-electron chi connectivity index (χ4n) is 3.83. The van der Waals surface area contributed by atoms with E-state index >= 15 is 0 Å². The van der Waals surface area contributed by atoms with Gasteiger partial charge in [-0.25, -0.2) is 4.99 Å². The summed E-state index contributed by atoms with van der Waals surface area (Å²) < 4.78 is 12.5. The molecule has 1 amide bonds. The van der Waals surface area contributed by atoms with E-state index in [-0.39, 0.29) is 5.91 Å². The number of amidine groups is 1. The maximum atomic E-state index is 13.3. The highest BCUT2D eigenvalue weighted by molar-refractivity contribution is 8.18. The number of aryl methyl sites for hydroxylation is 1. The molecule has 182 valence electrons. The Hall–Kier alpha value is -2.71. The number of thioether (sulfide) groups is 1. The van der Waals surface area contributed by atoms with E-state index in [2.05, 4.69) is 10.6 Å². The van der Waals surface area contributed by atoms with Crippen molar-refractivity contribution in [2.24, 2.45) is 4.99 Å². The number of hydrogen-bond acceptors (Lipinski definition) is 5. The largest absolute Gasteiger partial charge is 0.497 e. The molecule has 0 saturated carbocycles. The first-order valence-corrected chi connectivity index (χ1v) is 12.5. The van der Waals surface area contributed by atoms with Gasteiger partial charge in [0.25, 0.3) is 5.91 Å². The van der Waals surface area contributed by atoms with Crippen molar-refractivity contribution in [2.45, 2.75) is 13.8 Å². The summed E-state index contributed by atoms with van der Waals surface area (Å²) in [5.74, 6) is 0.650. The third-order valence-corrected chi connectivity index (χ3v) is 7.37. The lowest BCUT2D eigenvalue weighted by molar-refractivity contribution is -0.122. The summed E-state index contributed by atoms with van der Waals surface area (Å²) in [6.45, 7) is 4.85. The van der Waals surface area contributed by atoms with Crippen LogP contribution in [0.2, 0.25) is 10.0 Å². The molecule has 0 unspecified atom stereocenters. The number of benzene rings is 2. The summed E-state index contributed by atoms with van der Waals surface area (Å²) in [6, 6.07) is 15.0. The molecule has 0 bridgehead atoms. The summed E-state index contributed by atoms with van der Waals surface area (Å²) in [5.41, 5.74) is 4.61. The van der Waals surface area contributed by atoms with Gasteiger partial charge < -0.3 is 14.0 Å². The van der Waals surface area contributed by atoms with E-state index in [9.17, 15) is 4.79 Å². The fourth-order valence-corrected chi connectivity index (χ4v) is 5.14. The lowest BCUT2D eigenvalue weighted by Crippen LogP contribution is -2.32. The fraction of sp³-hybridized carbons (Fsp3) is 0.231. The predicted octanol–water partition coefficient (Wildman–Crippen LogP) is 6.66. The van der Waals surface area contributed by atoms with Crippen LogP contribution in [0, 0.1) is 13.8 Å². The van der Waals surface area contributed by atoms with E-state index < -0.39 is 0 Å². The molecule has 0 N–H and O–H groups in total. The summed E-state index contributed by atoms with van der Waals surface area (Å²) in [6.07, 6.45) is 1.92. The lowest BCUT2D eigenvalue weighted by atomic mass is 10.2. The van der Waals surface area contributed by atoms with Crippen molar-refractivity contribution in [1.29, 1.82) is 0 Å². The van der Waals surface area contributed by atoms with Gasteiger partial charge in [-0.2, -0.15) is 0 Å². The minimum atomic E-state index is -0.0985. The number of methoxy groups -OCH3 is 2. The molecular formula is C26H25Cl2N3O3S. The maximum absolute atomic E-state index is 13.3. The molecule has 4 rings (SSSR count).